The van der Waals surface area contributed by atoms with E-state index < -0.39 is 0 Å². The third-order valence-electron chi connectivity index (χ3n) is 4.45. The Balaban J connectivity index is 2.45. The second kappa shape index (κ2) is 5.95. The van der Waals surface area contributed by atoms with E-state index >= 15 is 0 Å². The molecule has 0 radical (unpaired) electrons. The minimum absolute atomic E-state index is 0.331. The number of aromatic nitrogens is 2. The molecular formula is C15H27N5. The fourth-order valence-electron chi connectivity index (χ4n) is 3.26. The molecule has 0 amide bonds. The first-order valence-electron chi connectivity index (χ1n) is 7.53. The van der Waals surface area contributed by atoms with Crippen LogP contribution < -0.4 is 16.2 Å². The van der Waals surface area contributed by atoms with E-state index in [1.807, 2.05) is 0 Å². The van der Waals surface area contributed by atoms with Crippen molar-refractivity contribution in [3.05, 3.63) is 11.9 Å². The number of piperidine rings is 1. The molecule has 0 aliphatic carbocycles. The number of anilines is 2. The van der Waals surface area contributed by atoms with Crippen molar-refractivity contribution < 1.29 is 0 Å². The number of hydrazine groups is 1. The summed E-state index contributed by atoms with van der Waals surface area (Å²) in [5, 5.41) is 0. The van der Waals surface area contributed by atoms with Crippen LogP contribution in [0.4, 0.5) is 11.6 Å². The molecule has 2 rings (SSSR count). The molecule has 5 nitrogen and oxygen atoms in total. The Morgan fingerprint density at radius 2 is 2.00 bits per heavy atom. The van der Waals surface area contributed by atoms with Crippen LogP contribution >= 0.6 is 0 Å². The van der Waals surface area contributed by atoms with Crippen LogP contribution in [0.3, 0.4) is 0 Å². The lowest BCUT2D eigenvalue weighted by atomic mass is 9.85. The third kappa shape index (κ3) is 2.73. The van der Waals surface area contributed by atoms with Crippen LogP contribution in [-0.4, -0.2) is 22.6 Å². The van der Waals surface area contributed by atoms with E-state index in [1.165, 1.54) is 6.42 Å². The van der Waals surface area contributed by atoms with Crippen LogP contribution in [0.15, 0.2) is 6.33 Å². The lowest BCUT2D eigenvalue weighted by Gasteiger charge is -2.43. The number of rotatable bonds is 3. The van der Waals surface area contributed by atoms with Crippen LogP contribution in [-0.2, 0) is 0 Å². The summed E-state index contributed by atoms with van der Waals surface area (Å²) < 4.78 is 0. The Kier molecular flexibility index (Phi) is 4.48. The van der Waals surface area contributed by atoms with Gasteiger partial charge in [-0.15, -0.1) is 0 Å². The first kappa shape index (κ1) is 15.0. The molecule has 3 atom stereocenters. The van der Waals surface area contributed by atoms with Gasteiger partial charge in [-0.05, 0) is 31.1 Å². The molecule has 0 bridgehead atoms. The largest absolute Gasteiger partial charge is 0.353 e. The minimum Gasteiger partial charge on any atom is -0.353 e. The zero-order valence-corrected chi connectivity index (χ0v) is 13.2. The molecule has 1 aromatic rings. The molecule has 3 unspecified atom stereocenters. The van der Waals surface area contributed by atoms with Crippen molar-refractivity contribution in [3.8, 4) is 0 Å². The van der Waals surface area contributed by atoms with Gasteiger partial charge in [-0.25, -0.2) is 15.8 Å². The van der Waals surface area contributed by atoms with E-state index in [1.54, 1.807) is 6.33 Å². The van der Waals surface area contributed by atoms with Crippen molar-refractivity contribution in [2.75, 3.05) is 16.9 Å². The monoisotopic (exact) mass is 277 g/mol. The standard InChI is InChI=1S/C15H27N5/c1-9(2)13-14(19-16)17-8-18-15(13)20-7-10(3)6-11(4)12(20)5/h8-12H,6-7,16H2,1-5H3,(H,17,18,19). The zero-order chi connectivity index (χ0) is 14.9. The SMILES string of the molecule is CC1CC(C)C(C)N(c2ncnc(NN)c2C(C)C)C1. The molecule has 5 heteroatoms. The van der Waals surface area contributed by atoms with Gasteiger partial charge < -0.3 is 10.3 Å². The highest BCUT2D eigenvalue weighted by Gasteiger charge is 2.32. The van der Waals surface area contributed by atoms with Gasteiger partial charge in [0.05, 0.1) is 0 Å². The summed E-state index contributed by atoms with van der Waals surface area (Å²) in [5.41, 5.74) is 3.83. The average molecular weight is 277 g/mol. The third-order valence-corrected chi connectivity index (χ3v) is 4.45. The summed E-state index contributed by atoms with van der Waals surface area (Å²) in [6, 6.07) is 0.490. The highest BCUT2D eigenvalue weighted by molar-refractivity contribution is 5.60. The van der Waals surface area contributed by atoms with E-state index in [4.69, 9.17) is 5.84 Å². The van der Waals surface area contributed by atoms with Gasteiger partial charge in [-0.2, -0.15) is 0 Å². The molecule has 0 spiro atoms. The molecule has 1 fully saturated rings. The van der Waals surface area contributed by atoms with Gasteiger partial charge in [-0.3, -0.25) is 0 Å². The van der Waals surface area contributed by atoms with Crippen LogP contribution in [0.25, 0.3) is 0 Å². The molecule has 2 heterocycles. The highest BCUT2D eigenvalue weighted by atomic mass is 15.3. The van der Waals surface area contributed by atoms with Crippen LogP contribution in [0.1, 0.15) is 52.5 Å². The molecule has 1 aliphatic rings. The summed E-state index contributed by atoms with van der Waals surface area (Å²) in [6.45, 7) is 12.3. The molecular weight excluding hydrogens is 250 g/mol. The first-order chi connectivity index (χ1) is 9.45. The molecule has 1 aliphatic heterocycles. The maximum absolute atomic E-state index is 5.62. The van der Waals surface area contributed by atoms with E-state index in [-0.39, 0.29) is 0 Å². The second-order valence-electron chi connectivity index (χ2n) is 6.47. The Labute approximate surface area is 121 Å². The minimum atomic E-state index is 0.331. The number of hydrogen-bond acceptors (Lipinski definition) is 5. The lowest BCUT2D eigenvalue weighted by Crippen LogP contribution is -2.46. The fraction of sp³-hybridized carbons (Fsp3) is 0.733. The molecule has 3 N–H and O–H groups in total. The summed E-state index contributed by atoms with van der Waals surface area (Å²) in [6.07, 6.45) is 2.88. The fourth-order valence-corrected chi connectivity index (χ4v) is 3.26. The predicted molar refractivity (Wildman–Crippen MR) is 83.7 cm³/mol. The van der Waals surface area contributed by atoms with Crippen molar-refractivity contribution in [2.45, 2.75) is 53.0 Å². The average Bonchev–Trinajstić information content (AvgIpc) is 2.41. The second-order valence-corrected chi connectivity index (χ2v) is 6.47. The number of nitrogens with two attached hydrogens (primary N) is 1. The summed E-state index contributed by atoms with van der Waals surface area (Å²) in [7, 11) is 0. The zero-order valence-electron chi connectivity index (χ0n) is 13.2. The van der Waals surface area contributed by atoms with Crippen molar-refractivity contribution in [2.24, 2.45) is 17.7 Å². The van der Waals surface area contributed by atoms with Gasteiger partial charge in [0.25, 0.3) is 0 Å². The Morgan fingerprint density at radius 1 is 1.30 bits per heavy atom. The first-order valence-corrected chi connectivity index (χ1v) is 7.53. The molecule has 0 aromatic carbocycles. The van der Waals surface area contributed by atoms with Gasteiger partial charge in [0.15, 0.2) is 0 Å². The van der Waals surface area contributed by atoms with E-state index in [2.05, 4.69) is 54.9 Å². The number of nitrogens with one attached hydrogen (secondary N) is 1. The van der Waals surface area contributed by atoms with Crippen LogP contribution in [0.2, 0.25) is 0 Å². The number of nitrogen functional groups attached to an aromatic ring is 1. The van der Waals surface area contributed by atoms with E-state index in [0.717, 1.165) is 23.7 Å². The Bertz CT molecular complexity index is 460. The quantitative estimate of drug-likeness (QED) is 0.657. The van der Waals surface area contributed by atoms with Gasteiger partial charge >= 0.3 is 0 Å². The van der Waals surface area contributed by atoms with Gasteiger partial charge in [0.2, 0.25) is 0 Å². The summed E-state index contributed by atoms with van der Waals surface area (Å²) >= 11 is 0. The molecule has 20 heavy (non-hydrogen) atoms. The van der Waals surface area contributed by atoms with Gasteiger partial charge in [-0.1, -0.05) is 27.7 Å². The van der Waals surface area contributed by atoms with Crippen LogP contribution in [0, 0.1) is 11.8 Å². The lowest BCUT2D eigenvalue weighted by molar-refractivity contribution is 0.295. The maximum Gasteiger partial charge on any atom is 0.148 e. The molecule has 1 aromatic heterocycles. The van der Waals surface area contributed by atoms with Crippen molar-refractivity contribution in [3.63, 3.8) is 0 Å². The normalized spacial score (nSPS) is 26.9. The van der Waals surface area contributed by atoms with Crippen molar-refractivity contribution >= 4 is 11.6 Å². The smallest absolute Gasteiger partial charge is 0.148 e. The Hall–Kier alpha value is -1.36. The number of nitrogens with zero attached hydrogens (tertiary/aromatic N) is 3. The highest BCUT2D eigenvalue weighted by Crippen LogP contribution is 2.36. The summed E-state index contributed by atoms with van der Waals surface area (Å²) in [5.74, 6) is 9.08. The van der Waals surface area contributed by atoms with Gasteiger partial charge in [0.1, 0.15) is 18.0 Å². The molecule has 0 saturated carbocycles. The number of hydrogen-bond donors (Lipinski definition) is 2. The predicted octanol–water partition coefficient (Wildman–Crippen LogP) is 2.76. The van der Waals surface area contributed by atoms with E-state index in [9.17, 15) is 0 Å². The van der Waals surface area contributed by atoms with Crippen LogP contribution in [0.5, 0.6) is 0 Å². The van der Waals surface area contributed by atoms with Gasteiger partial charge in [0, 0.05) is 18.2 Å². The topological polar surface area (TPSA) is 67.1 Å². The van der Waals surface area contributed by atoms with E-state index in [0.29, 0.717) is 23.8 Å². The van der Waals surface area contributed by atoms with Crippen molar-refractivity contribution in [1.29, 1.82) is 0 Å². The molecule has 1 saturated heterocycles. The van der Waals surface area contributed by atoms with Crippen molar-refractivity contribution in [1.82, 2.24) is 9.97 Å². The maximum atomic E-state index is 5.62. The molecule has 112 valence electrons. The summed E-state index contributed by atoms with van der Waals surface area (Å²) in [4.78, 5) is 11.3. The Morgan fingerprint density at radius 3 is 2.60 bits per heavy atom.